The Labute approximate surface area is 195 Å². The van der Waals surface area contributed by atoms with Gasteiger partial charge in [-0.2, -0.15) is 0 Å². The van der Waals surface area contributed by atoms with Crippen LogP contribution >= 0.6 is 22.6 Å². The second-order valence-electron chi connectivity index (χ2n) is 6.37. The van der Waals surface area contributed by atoms with Gasteiger partial charge < -0.3 is 20.5 Å². The maximum Gasteiger partial charge on any atom is 0.277 e. The van der Waals surface area contributed by atoms with Crippen molar-refractivity contribution in [2.75, 3.05) is 31.7 Å². The molecular formula is C20H21F3IN3O5. The summed E-state index contributed by atoms with van der Waals surface area (Å²) < 4.78 is 49.6. The molecule has 2 amide bonds. The Balaban J connectivity index is 2.34. The average molecular weight is 567 g/mol. The van der Waals surface area contributed by atoms with E-state index in [0.29, 0.717) is 3.57 Å². The molecule has 0 aliphatic carbocycles. The molecule has 0 atom stereocenters. The maximum absolute atomic E-state index is 14.9. The summed E-state index contributed by atoms with van der Waals surface area (Å²) in [6, 6.07) is 5.08. The Hall–Kier alpha value is -2.42. The van der Waals surface area contributed by atoms with Crippen molar-refractivity contribution in [1.29, 1.82) is 0 Å². The van der Waals surface area contributed by atoms with Crippen molar-refractivity contribution >= 4 is 45.8 Å². The number of hydrogen-bond donors (Lipinski definition) is 4. The maximum atomic E-state index is 14.9. The number of aliphatic hydroxyl groups is 1. The zero-order valence-corrected chi connectivity index (χ0v) is 19.1. The van der Waals surface area contributed by atoms with Crippen molar-refractivity contribution in [2.24, 2.45) is 0 Å². The number of benzene rings is 2. The van der Waals surface area contributed by atoms with Gasteiger partial charge >= 0.3 is 0 Å². The summed E-state index contributed by atoms with van der Waals surface area (Å²) >= 11 is 1.89. The SMILES string of the molecule is CC(=O)NCCOCc1cc(C(=O)NOCCO)c(Nc2ccc(I)cc2F)c(F)c1F. The first-order valence-electron chi connectivity index (χ1n) is 9.32. The molecule has 2 aromatic carbocycles. The van der Waals surface area contributed by atoms with Gasteiger partial charge in [0, 0.05) is 22.6 Å². The lowest BCUT2D eigenvalue weighted by atomic mass is 10.1. The Kier molecular flexibility index (Phi) is 10.2. The molecule has 0 radical (unpaired) electrons. The van der Waals surface area contributed by atoms with E-state index in [4.69, 9.17) is 14.7 Å². The van der Waals surface area contributed by atoms with Gasteiger partial charge in [0.1, 0.15) is 5.82 Å². The van der Waals surface area contributed by atoms with Gasteiger partial charge in [-0.1, -0.05) is 0 Å². The third-order valence-corrected chi connectivity index (χ3v) is 4.62. The van der Waals surface area contributed by atoms with Crippen molar-refractivity contribution < 1.29 is 37.4 Å². The minimum atomic E-state index is -1.42. The fourth-order valence-corrected chi connectivity index (χ4v) is 2.96. The predicted molar refractivity (Wildman–Crippen MR) is 118 cm³/mol. The number of ether oxygens (including phenoxy) is 1. The fraction of sp³-hybridized carbons (Fsp3) is 0.300. The van der Waals surface area contributed by atoms with Crippen LogP contribution in [0.2, 0.25) is 0 Å². The molecular weight excluding hydrogens is 546 g/mol. The monoisotopic (exact) mass is 567 g/mol. The molecule has 2 aromatic rings. The highest BCUT2D eigenvalue weighted by molar-refractivity contribution is 14.1. The number of anilines is 2. The standard InChI is InChI=1S/C20H21F3IN3O5/c1-11(29)25-4-6-31-10-12-8-14(20(30)27-32-7-5-28)19(18(23)17(12)22)26-16-3-2-13(24)9-15(16)21/h2-3,8-9,26,28H,4-7,10H2,1H3,(H,25,29)(H,27,30). The Morgan fingerprint density at radius 2 is 1.88 bits per heavy atom. The molecule has 0 bridgehead atoms. The minimum absolute atomic E-state index is 0.0235. The third kappa shape index (κ3) is 7.32. The van der Waals surface area contributed by atoms with Gasteiger partial charge in [-0.3, -0.25) is 14.4 Å². The highest BCUT2D eigenvalue weighted by atomic mass is 127. The van der Waals surface area contributed by atoms with Gasteiger partial charge in [0.2, 0.25) is 5.91 Å². The van der Waals surface area contributed by atoms with Crippen molar-refractivity contribution in [3.05, 3.63) is 56.4 Å². The zero-order valence-electron chi connectivity index (χ0n) is 16.9. The summed E-state index contributed by atoms with van der Waals surface area (Å²) in [6.45, 7) is 0.496. The molecule has 4 N–H and O–H groups in total. The lowest BCUT2D eigenvalue weighted by Crippen LogP contribution is -2.27. The van der Waals surface area contributed by atoms with Gasteiger partial charge in [-0.25, -0.2) is 18.7 Å². The lowest BCUT2D eigenvalue weighted by Gasteiger charge is -2.17. The minimum Gasteiger partial charge on any atom is -0.394 e. The van der Waals surface area contributed by atoms with Crippen LogP contribution in [0.1, 0.15) is 22.8 Å². The van der Waals surface area contributed by atoms with E-state index in [1.54, 1.807) is 6.07 Å². The molecule has 8 nitrogen and oxygen atoms in total. The predicted octanol–water partition coefficient (Wildman–Crippen LogP) is 2.76. The molecule has 2 rings (SSSR count). The smallest absolute Gasteiger partial charge is 0.277 e. The molecule has 0 heterocycles. The first kappa shape index (κ1) is 25.8. The highest BCUT2D eigenvalue weighted by Gasteiger charge is 2.24. The molecule has 0 fully saturated rings. The van der Waals surface area contributed by atoms with Gasteiger partial charge in [-0.05, 0) is 46.9 Å². The normalized spacial score (nSPS) is 10.7. The molecule has 0 saturated carbocycles. The number of rotatable bonds is 11. The largest absolute Gasteiger partial charge is 0.394 e. The number of carbonyl (C=O) groups is 2. The van der Waals surface area contributed by atoms with E-state index in [9.17, 15) is 22.8 Å². The first-order chi connectivity index (χ1) is 15.2. The van der Waals surface area contributed by atoms with Gasteiger partial charge in [0.15, 0.2) is 11.6 Å². The molecule has 12 heteroatoms. The van der Waals surface area contributed by atoms with E-state index in [0.717, 1.165) is 6.07 Å². The van der Waals surface area contributed by atoms with E-state index in [-0.39, 0.29) is 49.1 Å². The van der Waals surface area contributed by atoms with Crippen molar-refractivity contribution in [2.45, 2.75) is 13.5 Å². The number of aliphatic hydroxyl groups excluding tert-OH is 1. The number of hydrogen-bond acceptors (Lipinski definition) is 6. The molecule has 0 spiro atoms. The van der Waals surface area contributed by atoms with Crippen LogP contribution in [0.25, 0.3) is 0 Å². The number of nitrogens with one attached hydrogen (secondary N) is 3. The van der Waals surface area contributed by atoms with Crippen LogP contribution in [0.15, 0.2) is 24.3 Å². The molecule has 0 unspecified atom stereocenters. The zero-order chi connectivity index (χ0) is 23.7. The highest BCUT2D eigenvalue weighted by Crippen LogP contribution is 2.30. The van der Waals surface area contributed by atoms with Crippen LogP contribution in [0.3, 0.4) is 0 Å². The van der Waals surface area contributed by atoms with Gasteiger partial charge in [0.25, 0.3) is 5.91 Å². The number of amides is 2. The molecule has 32 heavy (non-hydrogen) atoms. The molecule has 174 valence electrons. The summed E-state index contributed by atoms with van der Waals surface area (Å²) in [7, 11) is 0. The summed E-state index contributed by atoms with van der Waals surface area (Å²) in [5.74, 6) is -4.66. The quantitative estimate of drug-likeness (QED) is 0.189. The molecule has 0 aliphatic heterocycles. The first-order valence-corrected chi connectivity index (χ1v) is 10.4. The molecule has 0 aromatic heterocycles. The van der Waals surface area contributed by atoms with Crippen molar-refractivity contribution in [1.82, 2.24) is 10.8 Å². The summed E-state index contributed by atoms with van der Waals surface area (Å²) in [5.41, 5.74) is 0.580. The second-order valence-corrected chi connectivity index (χ2v) is 7.62. The van der Waals surface area contributed by atoms with Crippen molar-refractivity contribution in [3.8, 4) is 0 Å². The fourth-order valence-electron chi connectivity index (χ4n) is 2.51. The van der Waals surface area contributed by atoms with E-state index in [1.807, 2.05) is 28.1 Å². The lowest BCUT2D eigenvalue weighted by molar-refractivity contribution is -0.119. The van der Waals surface area contributed by atoms with Crippen LogP contribution in [0.5, 0.6) is 0 Å². The Morgan fingerprint density at radius 3 is 2.53 bits per heavy atom. The number of hydroxylamine groups is 1. The summed E-state index contributed by atoms with van der Waals surface area (Å²) in [4.78, 5) is 28.1. The Bertz CT molecular complexity index is 978. The van der Waals surface area contributed by atoms with Crippen LogP contribution < -0.4 is 16.1 Å². The second kappa shape index (κ2) is 12.6. The van der Waals surface area contributed by atoms with Gasteiger partial charge in [-0.15, -0.1) is 0 Å². The van der Waals surface area contributed by atoms with Crippen LogP contribution in [-0.2, 0) is 21.0 Å². The van der Waals surface area contributed by atoms with Crippen LogP contribution in [0, 0.1) is 21.0 Å². The molecule has 0 saturated heterocycles. The number of carbonyl (C=O) groups excluding carboxylic acids is 2. The summed E-state index contributed by atoms with van der Waals surface area (Å²) in [5, 5.41) is 13.7. The van der Waals surface area contributed by atoms with E-state index >= 15 is 0 Å². The molecule has 0 aliphatic rings. The van der Waals surface area contributed by atoms with Crippen LogP contribution in [-0.4, -0.2) is 43.3 Å². The Morgan fingerprint density at radius 1 is 1.12 bits per heavy atom. The number of halogens is 4. The topological polar surface area (TPSA) is 109 Å². The summed E-state index contributed by atoms with van der Waals surface area (Å²) in [6.07, 6.45) is 0. The van der Waals surface area contributed by atoms with Gasteiger partial charge in [0.05, 0.1) is 43.4 Å². The third-order valence-electron chi connectivity index (χ3n) is 3.95. The van der Waals surface area contributed by atoms with Crippen molar-refractivity contribution in [3.63, 3.8) is 0 Å². The van der Waals surface area contributed by atoms with E-state index in [1.165, 1.54) is 19.1 Å². The average Bonchev–Trinajstić information content (AvgIpc) is 2.74. The van der Waals surface area contributed by atoms with Crippen LogP contribution in [0.4, 0.5) is 24.5 Å². The van der Waals surface area contributed by atoms with E-state index < -0.39 is 35.7 Å². The van der Waals surface area contributed by atoms with E-state index in [2.05, 4.69) is 10.6 Å².